The smallest absolute Gasteiger partial charge is 0.358 e. The molecule has 0 saturated heterocycles. The summed E-state index contributed by atoms with van der Waals surface area (Å²) >= 11 is 1.49. The summed E-state index contributed by atoms with van der Waals surface area (Å²) in [4.78, 5) is 12.4. The molecule has 1 aliphatic rings. The molecule has 4 rings (SSSR count). The minimum atomic E-state index is -0.723. The molecule has 1 aromatic carbocycles. The summed E-state index contributed by atoms with van der Waals surface area (Å²) in [6.07, 6.45) is 6.80. The number of carbonyl (C=O) groups is 1. The maximum absolute atomic E-state index is 12.4. The fourth-order valence-corrected chi connectivity index (χ4v) is 4.16. The number of aromatic amines is 1. The molecule has 0 radical (unpaired) electrons. The van der Waals surface area contributed by atoms with E-state index in [1.165, 1.54) is 11.3 Å². The molecular formula is C20H19N5O2S. The van der Waals surface area contributed by atoms with Crippen LogP contribution in [-0.2, 0) is 10.2 Å². The van der Waals surface area contributed by atoms with Crippen molar-refractivity contribution in [3.05, 3.63) is 75.5 Å². The molecule has 0 saturated carbocycles. The second kappa shape index (κ2) is 7.47. The minimum Gasteiger partial charge on any atom is -0.461 e. The van der Waals surface area contributed by atoms with Crippen LogP contribution in [0, 0.1) is 6.92 Å². The number of aromatic nitrogens is 5. The van der Waals surface area contributed by atoms with Crippen molar-refractivity contribution in [1.29, 1.82) is 0 Å². The van der Waals surface area contributed by atoms with E-state index >= 15 is 0 Å². The molecule has 142 valence electrons. The second-order valence-corrected chi connectivity index (χ2v) is 7.60. The van der Waals surface area contributed by atoms with E-state index in [0.29, 0.717) is 12.1 Å². The highest BCUT2D eigenvalue weighted by Crippen LogP contribution is 2.43. The molecule has 28 heavy (non-hydrogen) atoms. The molecule has 1 aliphatic carbocycles. The van der Waals surface area contributed by atoms with Gasteiger partial charge in [-0.15, -0.1) is 26.6 Å². The summed E-state index contributed by atoms with van der Waals surface area (Å²) in [5, 5.41) is 21.0. The molecule has 0 amide bonds. The van der Waals surface area contributed by atoms with Gasteiger partial charge < -0.3 is 4.74 Å². The number of carbonyl (C=O) groups excluding carboxylic acids is 1. The Morgan fingerprint density at radius 1 is 1.25 bits per heavy atom. The van der Waals surface area contributed by atoms with E-state index in [-0.39, 0.29) is 12.3 Å². The number of nitrogens with one attached hydrogen (secondary N) is 1. The van der Waals surface area contributed by atoms with Crippen LogP contribution in [0.15, 0.2) is 48.6 Å². The number of H-pyrrole nitrogens is 1. The number of nitrogens with zero attached hydrogens (tertiary/aromatic N) is 4. The van der Waals surface area contributed by atoms with Crippen LogP contribution in [0.2, 0.25) is 0 Å². The van der Waals surface area contributed by atoms with Crippen molar-refractivity contribution in [1.82, 2.24) is 25.6 Å². The van der Waals surface area contributed by atoms with Gasteiger partial charge >= 0.3 is 5.97 Å². The Kier molecular flexibility index (Phi) is 4.87. The van der Waals surface area contributed by atoms with Crippen LogP contribution in [-0.4, -0.2) is 38.2 Å². The van der Waals surface area contributed by atoms with E-state index in [4.69, 9.17) is 4.74 Å². The Hall–Kier alpha value is -3.13. The van der Waals surface area contributed by atoms with Crippen LogP contribution in [0.1, 0.15) is 45.1 Å². The minimum absolute atomic E-state index is 0.246. The molecule has 1 N–H and O–H groups in total. The molecule has 0 fully saturated rings. The maximum atomic E-state index is 12.4. The summed E-state index contributed by atoms with van der Waals surface area (Å²) in [6, 6.07) is 10.1. The van der Waals surface area contributed by atoms with Crippen molar-refractivity contribution < 1.29 is 9.53 Å². The second-order valence-electron chi connectivity index (χ2n) is 6.42. The summed E-state index contributed by atoms with van der Waals surface area (Å²) in [5.74, 6) is -0.477. The maximum Gasteiger partial charge on any atom is 0.358 e. The Bertz CT molecular complexity index is 1050. The monoisotopic (exact) mass is 393 g/mol. The van der Waals surface area contributed by atoms with Crippen LogP contribution < -0.4 is 0 Å². The summed E-state index contributed by atoms with van der Waals surface area (Å²) in [7, 11) is 0. The molecule has 2 aromatic heterocycles. The predicted octanol–water partition coefficient (Wildman–Crippen LogP) is 3.47. The van der Waals surface area contributed by atoms with Gasteiger partial charge in [-0.2, -0.15) is 0 Å². The standard InChI is InChI=1S/C20H19N5O2S/c1-3-27-18(26)16-17(23-25-22-16)20(19-24-21-13(2)28-19)11-9-15(10-12-20)14-7-5-4-6-8-14/h4-11H,3,12H2,1-2H3,(H,22,23,25). The fraction of sp³-hybridized carbons (Fsp3) is 0.250. The topological polar surface area (TPSA) is 93.7 Å². The molecule has 3 aromatic rings. The molecule has 8 heteroatoms. The largest absolute Gasteiger partial charge is 0.461 e. The van der Waals surface area contributed by atoms with Crippen LogP contribution in [0.5, 0.6) is 0 Å². The number of esters is 1. The van der Waals surface area contributed by atoms with Crippen LogP contribution in [0.25, 0.3) is 5.57 Å². The summed E-state index contributed by atoms with van der Waals surface area (Å²) < 4.78 is 5.17. The van der Waals surface area contributed by atoms with Gasteiger partial charge in [0, 0.05) is 0 Å². The lowest BCUT2D eigenvalue weighted by Crippen LogP contribution is -2.29. The lowest BCUT2D eigenvalue weighted by molar-refractivity contribution is 0.0517. The number of benzene rings is 1. The van der Waals surface area contributed by atoms with Gasteiger partial charge in [0.1, 0.15) is 15.7 Å². The molecule has 7 nitrogen and oxygen atoms in total. The highest BCUT2D eigenvalue weighted by Gasteiger charge is 2.42. The predicted molar refractivity (Wildman–Crippen MR) is 106 cm³/mol. The van der Waals surface area contributed by atoms with Gasteiger partial charge in [0.2, 0.25) is 0 Å². The third-order valence-corrected chi connectivity index (χ3v) is 5.67. The zero-order valence-corrected chi connectivity index (χ0v) is 16.4. The van der Waals surface area contributed by atoms with Crippen LogP contribution in [0.3, 0.4) is 0 Å². The molecule has 1 atom stereocenters. The lowest BCUT2D eigenvalue weighted by atomic mass is 9.76. The van der Waals surface area contributed by atoms with Crippen molar-refractivity contribution in [3.8, 4) is 0 Å². The van der Waals surface area contributed by atoms with E-state index in [1.54, 1.807) is 6.92 Å². The average Bonchev–Trinajstić information content (AvgIpc) is 3.39. The average molecular weight is 393 g/mol. The third kappa shape index (κ3) is 3.16. The Morgan fingerprint density at radius 3 is 2.71 bits per heavy atom. The van der Waals surface area contributed by atoms with Crippen molar-refractivity contribution in [2.45, 2.75) is 25.7 Å². The van der Waals surface area contributed by atoms with E-state index in [0.717, 1.165) is 21.2 Å². The summed E-state index contributed by atoms with van der Waals surface area (Å²) in [5.41, 5.74) is 2.27. The number of allylic oxidation sites excluding steroid dienone is 4. The van der Waals surface area contributed by atoms with Gasteiger partial charge in [0.05, 0.1) is 12.0 Å². The molecule has 0 aliphatic heterocycles. The highest BCUT2D eigenvalue weighted by molar-refractivity contribution is 7.11. The quantitative estimate of drug-likeness (QED) is 0.667. The zero-order valence-electron chi connectivity index (χ0n) is 15.5. The number of rotatable bonds is 5. The normalized spacial score (nSPS) is 18.7. The first-order chi connectivity index (χ1) is 13.6. The van der Waals surface area contributed by atoms with Crippen molar-refractivity contribution in [3.63, 3.8) is 0 Å². The van der Waals surface area contributed by atoms with Crippen molar-refractivity contribution >= 4 is 22.9 Å². The molecule has 1 unspecified atom stereocenters. The van der Waals surface area contributed by atoms with Crippen molar-refractivity contribution in [2.24, 2.45) is 0 Å². The van der Waals surface area contributed by atoms with Crippen LogP contribution in [0.4, 0.5) is 0 Å². The SMILES string of the molecule is CCOC(=O)c1[nH]nnc1C1(c2nnc(C)s2)C=CC(c2ccccc2)=CC1. The Morgan fingerprint density at radius 2 is 2.07 bits per heavy atom. The molecular weight excluding hydrogens is 374 g/mol. The van der Waals surface area contributed by atoms with Gasteiger partial charge in [0.15, 0.2) is 5.69 Å². The first-order valence-electron chi connectivity index (χ1n) is 8.98. The highest BCUT2D eigenvalue weighted by atomic mass is 32.1. The van der Waals surface area contributed by atoms with Gasteiger partial charge in [-0.3, -0.25) is 5.10 Å². The van der Waals surface area contributed by atoms with Gasteiger partial charge in [-0.1, -0.05) is 53.8 Å². The van der Waals surface area contributed by atoms with Gasteiger partial charge in [-0.25, -0.2) is 4.79 Å². The Balaban J connectivity index is 1.79. The van der Waals surface area contributed by atoms with E-state index in [9.17, 15) is 4.79 Å². The zero-order chi connectivity index (χ0) is 19.6. The number of aryl methyl sites for hydroxylation is 1. The lowest BCUT2D eigenvalue weighted by Gasteiger charge is -2.28. The molecule has 0 spiro atoms. The number of ether oxygens (including phenoxy) is 1. The number of hydrogen-bond donors (Lipinski definition) is 1. The fourth-order valence-electron chi connectivity index (χ4n) is 3.28. The molecule has 0 bridgehead atoms. The van der Waals surface area contributed by atoms with Gasteiger partial charge in [-0.05, 0) is 31.4 Å². The number of hydrogen-bond acceptors (Lipinski definition) is 7. The van der Waals surface area contributed by atoms with Gasteiger partial charge in [0.25, 0.3) is 0 Å². The van der Waals surface area contributed by atoms with Crippen molar-refractivity contribution in [2.75, 3.05) is 6.61 Å². The third-order valence-electron chi connectivity index (χ3n) is 4.66. The summed E-state index contributed by atoms with van der Waals surface area (Å²) in [6.45, 7) is 3.94. The molecule has 2 heterocycles. The Labute approximate surface area is 166 Å². The van der Waals surface area contributed by atoms with E-state index < -0.39 is 11.4 Å². The van der Waals surface area contributed by atoms with Crippen LogP contribution >= 0.6 is 11.3 Å². The first kappa shape index (κ1) is 18.2. The van der Waals surface area contributed by atoms with E-state index in [1.807, 2.05) is 37.3 Å². The first-order valence-corrected chi connectivity index (χ1v) is 9.80. The van der Waals surface area contributed by atoms with E-state index in [2.05, 4.69) is 43.8 Å².